The van der Waals surface area contributed by atoms with Crippen LogP contribution >= 0.6 is 0 Å². The van der Waals surface area contributed by atoms with Crippen molar-refractivity contribution in [1.82, 2.24) is 10.2 Å². The first-order valence-corrected chi connectivity index (χ1v) is 13.6. The summed E-state index contributed by atoms with van der Waals surface area (Å²) in [6.07, 6.45) is -1.03. The number of hydrogen-bond donors (Lipinski definition) is 2. The molecular formula is C31H42N2O9. The van der Waals surface area contributed by atoms with E-state index in [1.165, 1.54) is 26.2 Å². The summed E-state index contributed by atoms with van der Waals surface area (Å²) >= 11 is 0. The quantitative estimate of drug-likeness (QED) is 0.288. The lowest BCUT2D eigenvalue weighted by Gasteiger charge is -2.34. The molecule has 2 amide bonds. The van der Waals surface area contributed by atoms with Gasteiger partial charge in [0.15, 0.2) is 18.3 Å². The Kier molecular flexibility index (Phi) is 11.1. The van der Waals surface area contributed by atoms with Gasteiger partial charge in [0.1, 0.15) is 18.0 Å². The smallest absolute Gasteiger partial charge is 0.410 e. The van der Waals surface area contributed by atoms with Gasteiger partial charge in [-0.15, -0.1) is 6.58 Å². The van der Waals surface area contributed by atoms with Gasteiger partial charge in [-0.1, -0.05) is 36.4 Å². The van der Waals surface area contributed by atoms with E-state index >= 15 is 0 Å². The molecule has 4 atom stereocenters. The summed E-state index contributed by atoms with van der Waals surface area (Å²) in [5, 5.41) is 14.4. The summed E-state index contributed by atoms with van der Waals surface area (Å²) in [6.45, 7) is 11.0. The number of methoxy groups -OCH3 is 3. The van der Waals surface area contributed by atoms with E-state index in [0.717, 1.165) is 5.56 Å². The average molecular weight is 587 g/mol. The zero-order chi connectivity index (χ0) is 31.0. The lowest BCUT2D eigenvalue weighted by molar-refractivity contribution is 0.0129. The van der Waals surface area contributed by atoms with E-state index in [1.807, 2.05) is 37.3 Å². The topological polar surface area (TPSA) is 125 Å². The van der Waals surface area contributed by atoms with Gasteiger partial charge >= 0.3 is 12.2 Å². The average Bonchev–Trinajstić information content (AvgIpc) is 3.27. The number of nitrogens with zero attached hydrogens (tertiary/aromatic N) is 1. The van der Waals surface area contributed by atoms with Gasteiger partial charge in [0, 0.05) is 30.7 Å². The van der Waals surface area contributed by atoms with Gasteiger partial charge in [-0.3, -0.25) is 4.90 Å². The van der Waals surface area contributed by atoms with E-state index < -0.39 is 41.9 Å². The highest BCUT2D eigenvalue weighted by Gasteiger charge is 2.49. The predicted molar refractivity (Wildman–Crippen MR) is 156 cm³/mol. The molecule has 1 aliphatic heterocycles. The minimum absolute atomic E-state index is 0.0417. The standard InChI is InChI=1S/C31H42N2O9/c1-9-21(22-15-24(38-7)19(2)27(39-8)28(22)41-18-37-6)25-26(34)23(16-33(25)30(36)42-31(3,4)5)32-29(35)40-17-20-13-11-10-12-14-20/h9-15,21,23,25-26,34H,1,16-18H2,2-8H3,(H,32,35)/t21-,23+,25+,26-/m1/s1. The summed E-state index contributed by atoms with van der Waals surface area (Å²) in [5.74, 6) is 0.546. The minimum Gasteiger partial charge on any atom is -0.496 e. The molecule has 1 heterocycles. The van der Waals surface area contributed by atoms with Crippen LogP contribution < -0.4 is 19.5 Å². The van der Waals surface area contributed by atoms with E-state index in [1.54, 1.807) is 32.9 Å². The molecule has 2 N–H and O–H groups in total. The molecule has 0 aliphatic carbocycles. The molecule has 230 valence electrons. The molecular weight excluding hydrogens is 544 g/mol. The van der Waals surface area contributed by atoms with Crippen molar-refractivity contribution in [3.8, 4) is 17.2 Å². The maximum Gasteiger partial charge on any atom is 0.410 e. The first-order valence-electron chi connectivity index (χ1n) is 13.6. The van der Waals surface area contributed by atoms with Crippen LogP contribution in [0.3, 0.4) is 0 Å². The number of carbonyl (C=O) groups excluding carboxylic acids is 2. The van der Waals surface area contributed by atoms with Crippen molar-refractivity contribution < 1.29 is 43.1 Å². The number of hydrogen-bond acceptors (Lipinski definition) is 9. The van der Waals surface area contributed by atoms with Crippen molar-refractivity contribution >= 4 is 12.2 Å². The van der Waals surface area contributed by atoms with Crippen molar-refractivity contribution in [2.45, 2.75) is 64.0 Å². The van der Waals surface area contributed by atoms with Gasteiger partial charge in [0.05, 0.1) is 32.4 Å². The van der Waals surface area contributed by atoms with Gasteiger partial charge in [-0.2, -0.15) is 0 Å². The van der Waals surface area contributed by atoms with Gasteiger partial charge < -0.3 is 38.8 Å². The number of nitrogens with one attached hydrogen (secondary N) is 1. The summed E-state index contributed by atoms with van der Waals surface area (Å²) in [7, 11) is 4.53. The Bertz CT molecular complexity index is 1230. The van der Waals surface area contributed by atoms with Crippen molar-refractivity contribution in [1.29, 1.82) is 0 Å². The Morgan fingerprint density at radius 1 is 1.14 bits per heavy atom. The molecule has 2 aromatic carbocycles. The van der Waals surface area contributed by atoms with Gasteiger partial charge in [-0.05, 0) is 39.3 Å². The first-order chi connectivity index (χ1) is 19.9. The number of rotatable bonds is 11. The van der Waals surface area contributed by atoms with Crippen LogP contribution in [0.5, 0.6) is 17.2 Å². The van der Waals surface area contributed by atoms with Crippen LogP contribution in [-0.4, -0.2) is 80.6 Å². The van der Waals surface area contributed by atoms with Gasteiger partial charge in [0.2, 0.25) is 0 Å². The molecule has 0 radical (unpaired) electrons. The van der Waals surface area contributed by atoms with Gasteiger partial charge in [0.25, 0.3) is 0 Å². The number of amides is 2. The molecule has 0 saturated carbocycles. The predicted octanol–water partition coefficient (Wildman–Crippen LogP) is 4.54. The lowest BCUT2D eigenvalue weighted by atomic mass is 9.86. The van der Waals surface area contributed by atoms with Crippen LogP contribution in [0, 0.1) is 6.92 Å². The zero-order valence-corrected chi connectivity index (χ0v) is 25.3. The zero-order valence-electron chi connectivity index (χ0n) is 25.3. The fourth-order valence-electron chi connectivity index (χ4n) is 4.99. The fourth-order valence-corrected chi connectivity index (χ4v) is 4.99. The lowest BCUT2D eigenvalue weighted by Crippen LogP contribution is -2.46. The van der Waals surface area contributed by atoms with Crippen LogP contribution in [0.4, 0.5) is 9.59 Å². The van der Waals surface area contributed by atoms with Crippen molar-refractivity contribution in [2.24, 2.45) is 0 Å². The third-order valence-corrected chi connectivity index (χ3v) is 6.85. The second-order valence-corrected chi connectivity index (χ2v) is 10.9. The normalized spacial score (nSPS) is 19.0. The monoisotopic (exact) mass is 586 g/mol. The molecule has 2 aromatic rings. The highest BCUT2D eigenvalue weighted by molar-refractivity contribution is 5.72. The maximum absolute atomic E-state index is 13.5. The van der Waals surface area contributed by atoms with Crippen molar-refractivity contribution in [3.63, 3.8) is 0 Å². The van der Waals surface area contributed by atoms with Crippen molar-refractivity contribution in [2.75, 3.05) is 34.7 Å². The van der Waals surface area contributed by atoms with E-state index in [0.29, 0.717) is 28.4 Å². The third kappa shape index (κ3) is 7.65. The summed E-state index contributed by atoms with van der Waals surface area (Å²) < 4.78 is 33.5. The number of likely N-dealkylation sites (tertiary alicyclic amines) is 1. The molecule has 1 fully saturated rings. The van der Waals surface area contributed by atoms with E-state index in [2.05, 4.69) is 11.9 Å². The first kappa shape index (κ1) is 32.6. The minimum atomic E-state index is -1.24. The molecule has 0 spiro atoms. The SMILES string of the molecule is C=C[C@H](c1cc(OC)c(C)c(OC)c1OCOC)[C@H]1[C@H](O)[C@@H](NC(=O)OCc2ccccc2)CN1C(=O)OC(C)(C)C. The number of alkyl carbamates (subject to hydrolysis) is 1. The second-order valence-electron chi connectivity index (χ2n) is 10.9. The Morgan fingerprint density at radius 3 is 2.40 bits per heavy atom. The number of aliphatic hydroxyl groups is 1. The molecule has 0 unspecified atom stereocenters. The molecule has 3 rings (SSSR count). The van der Waals surface area contributed by atoms with E-state index in [-0.39, 0.29) is 19.9 Å². The van der Waals surface area contributed by atoms with Crippen molar-refractivity contribution in [3.05, 3.63) is 65.7 Å². The number of benzene rings is 2. The van der Waals surface area contributed by atoms with E-state index in [4.69, 9.17) is 28.4 Å². The fraction of sp³-hybridized carbons (Fsp3) is 0.484. The van der Waals surface area contributed by atoms with Crippen LogP contribution in [0.15, 0.2) is 49.1 Å². The van der Waals surface area contributed by atoms with Crippen LogP contribution in [-0.2, 0) is 20.8 Å². The Morgan fingerprint density at radius 2 is 1.83 bits per heavy atom. The molecule has 42 heavy (non-hydrogen) atoms. The molecule has 0 aromatic heterocycles. The molecule has 1 aliphatic rings. The molecule has 11 heteroatoms. The van der Waals surface area contributed by atoms with Crippen LogP contribution in [0.2, 0.25) is 0 Å². The maximum atomic E-state index is 13.5. The summed E-state index contributed by atoms with van der Waals surface area (Å²) in [5.41, 5.74) is 1.23. The van der Waals surface area contributed by atoms with Gasteiger partial charge in [-0.25, -0.2) is 9.59 Å². The number of aliphatic hydroxyl groups excluding tert-OH is 1. The molecule has 0 bridgehead atoms. The Labute approximate surface area is 247 Å². The highest BCUT2D eigenvalue weighted by Crippen LogP contribution is 2.46. The highest BCUT2D eigenvalue weighted by atomic mass is 16.7. The summed E-state index contributed by atoms with van der Waals surface area (Å²) in [6, 6.07) is 9.19. The molecule has 1 saturated heterocycles. The second kappa shape index (κ2) is 14.3. The Balaban J connectivity index is 2.01. The molecule has 11 nitrogen and oxygen atoms in total. The van der Waals surface area contributed by atoms with Crippen LogP contribution in [0.25, 0.3) is 0 Å². The third-order valence-electron chi connectivity index (χ3n) is 6.85. The number of carbonyl (C=O) groups is 2. The largest absolute Gasteiger partial charge is 0.496 e. The Hall–Kier alpha value is -3.96. The summed E-state index contributed by atoms with van der Waals surface area (Å²) in [4.78, 5) is 27.6. The van der Waals surface area contributed by atoms with E-state index in [9.17, 15) is 14.7 Å². The van der Waals surface area contributed by atoms with Crippen LogP contribution in [0.1, 0.15) is 43.4 Å². The number of ether oxygens (including phenoxy) is 6.